The van der Waals surface area contributed by atoms with Gasteiger partial charge in [0.1, 0.15) is 5.82 Å². The summed E-state index contributed by atoms with van der Waals surface area (Å²) in [7, 11) is 0. The van der Waals surface area contributed by atoms with Gasteiger partial charge in [-0.3, -0.25) is 0 Å². The fourth-order valence-electron chi connectivity index (χ4n) is 1.90. The Morgan fingerprint density at radius 2 is 2.07 bits per heavy atom. The van der Waals surface area contributed by atoms with Gasteiger partial charge in [-0.2, -0.15) is 0 Å². The van der Waals surface area contributed by atoms with Gasteiger partial charge in [0.25, 0.3) is 0 Å². The molecule has 2 rings (SSSR count). The summed E-state index contributed by atoms with van der Waals surface area (Å²) in [6.45, 7) is 3.25. The van der Waals surface area contributed by atoms with E-state index in [4.69, 9.17) is 11.6 Å². The summed E-state index contributed by atoms with van der Waals surface area (Å²) in [6, 6.07) is 0.563. The van der Waals surface area contributed by atoms with Crippen LogP contribution in [-0.4, -0.2) is 22.6 Å². The van der Waals surface area contributed by atoms with Gasteiger partial charge in [0.2, 0.25) is 0 Å². The maximum atomic E-state index is 5.74. The Morgan fingerprint density at radius 1 is 1.40 bits per heavy atom. The van der Waals surface area contributed by atoms with Crippen LogP contribution in [0.5, 0.6) is 0 Å². The molecule has 1 fully saturated rings. The molecule has 2 heterocycles. The van der Waals surface area contributed by atoms with Crippen LogP contribution in [0.4, 0.5) is 0 Å². The Labute approximate surface area is 101 Å². The molecule has 15 heavy (non-hydrogen) atoms. The quantitative estimate of drug-likeness (QED) is 0.829. The van der Waals surface area contributed by atoms with Gasteiger partial charge in [-0.05, 0) is 26.3 Å². The summed E-state index contributed by atoms with van der Waals surface area (Å²) in [6.07, 6.45) is 5.58. The number of nitrogens with zero attached hydrogens (tertiary/aromatic N) is 2. The standard InChI is InChI=1S/C10H14ClN3.ClH/c1-7-4-8(2-3-12-7)10-13-5-9(11)6-14-10;/h5-8,12H,2-4H2,1H3;1H/t7-,8?;/m1./s1. The zero-order valence-electron chi connectivity index (χ0n) is 8.61. The zero-order valence-corrected chi connectivity index (χ0v) is 10.2. The first-order chi connectivity index (χ1) is 6.75. The highest BCUT2D eigenvalue weighted by Crippen LogP contribution is 2.24. The Morgan fingerprint density at radius 3 is 2.67 bits per heavy atom. The van der Waals surface area contributed by atoms with Crippen molar-refractivity contribution in [3.63, 3.8) is 0 Å². The Bertz CT molecular complexity index is 302. The molecule has 1 aromatic rings. The number of rotatable bonds is 1. The van der Waals surface area contributed by atoms with Gasteiger partial charge >= 0.3 is 0 Å². The number of piperidine rings is 1. The van der Waals surface area contributed by atoms with Crippen LogP contribution in [0.2, 0.25) is 5.02 Å². The summed E-state index contributed by atoms with van der Waals surface area (Å²) < 4.78 is 0. The van der Waals surface area contributed by atoms with Crippen molar-refractivity contribution in [3.8, 4) is 0 Å². The third kappa shape index (κ3) is 3.30. The van der Waals surface area contributed by atoms with E-state index in [1.54, 1.807) is 12.4 Å². The van der Waals surface area contributed by atoms with Gasteiger partial charge in [0, 0.05) is 24.4 Å². The highest BCUT2D eigenvalue weighted by molar-refractivity contribution is 6.30. The molecule has 0 aromatic carbocycles. The van der Waals surface area contributed by atoms with Crippen LogP contribution >= 0.6 is 24.0 Å². The molecular formula is C10H15Cl2N3. The minimum absolute atomic E-state index is 0. The van der Waals surface area contributed by atoms with E-state index in [0.29, 0.717) is 17.0 Å². The lowest BCUT2D eigenvalue weighted by Gasteiger charge is -2.26. The van der Waals surface area contributed by atoms with Crippen molar-refractivity contribution < 1.29 is 0 Å². The first-order valence-corrected chi connectivity index (χ1v) is 5.34. The molecule has 84 valence electrons. The largest absolute Gasteiger partial charge is 0.314 e. The van der Waals surface area contributed by atoms with Crippen molar-refractivity contribution in [1.29, 1.82) is 0 Å². The number of aromatic nitrogens is 2. The molecule has 1 unspecified atom stereocenters. The third-order valence-corrected chi connectivity index (χ3v) is 2.82. The van der Waals surface area contributed by atoms with E-state index in [-0.39, 0.29) is 12.4 Å². The molecule has 0 aliphatic carbocycles. The maximum absolute atomic E-state index is 5.74. The van der Waals surface area contributed by atoms with E-state index in [1.165, 1.54) is 0 Å². The van der Waals surface area contributed by atoms with Gasteiger partial charge in [0.05, 0.1) is 5.02 Å². The molecule has 0 spiro atoms. The van der Waals surface area contributed by atoms with Crippen LogP contribution in [0, 0.1) is 0 Å². The fraction of sp³-hybridized carbons (Fsp3) is 0.600. The lowest BCUT2D eigenvalue weighted by molar-refractivity contribution is 0.371. The number of hydrogen-bond acceptors (Lipinski definition) is 3. The molecule has 0 amide bonds. The van der Waals surface area contributed by atoms with Crippen LogP contribution in [-0.2, 0) is 0 Å². The maximum Gasteiger partial charge on any atom is 0.131 e. The summed E-state index contributed by atoms with van der Waals surface area (Å²) >= 11 is 5.74. The fourth-order valence-corrected chi connectivity index (χ4v) is 2.00. The van der Waals surface area contributed by atoms with Gasteiger partial charge < -0.3 is 5.32 Å². The first-order valence-electron chi connectivity index (χ1n) is 4.96. The number of hydrogen-bond donors (Lipinski definition) is 1. The highest BCUT2D eigenvalue weighted by Gasteiger charge is 2.21. The molecule has 5 heteroatoms. The molecular weight excluding hydrogens is 233 g/mol. The molecule has 1 aliphatic heterocycles. The smallest absolute Gasteiger partial charge is 0.131 e. The van der Waals surface area contributed by atoms with E-state index < -0.39 is 0 Å². The van der Waals surface area contributed by atoms with E-state index in [0.717, 1.165) is 25.2 Å². The lowest BCUT2D eigenvalue weighted by Crippen LogP contribution is -2.35. The van der Waals surface area contributed by atoms with Gasteiger partial charge in [-0.15, -0.1) is 12.4 Å². The SMILES string of the molecule is C[C@@H]1CC(c2ncc(Cl)cn2)CCN1.Cl. The second-order valence-corrected chi connectivity index (χ2v) is 4.27. The van der Waals surface area contributed by atoms with Gasteiger partial charge in [-0.1, -0.05) is 11.6 Å². The molecule has 1 aliphatic rings. The molecule has 2 atom stereocenters. The normalized spacial score (nSPS) is 25.7. The average molecular weight is 248 g/mol. The molecule has 1 N–H and O–H groups in total. The van der Waals surface area contributed by atoms with Crippen molar-refractivity contribution >= 4 is 24.0 Å². The molecule has 3 nitrogen and oxygen atoms in total. The molecule has 0 saturated carbocycles. The van der Waals surface area contributed by atoms with Crippen molar-refractivity contribution in [3.05, 3.63) is 23.2 Å². The summed E-state index contributed by atoms with van der Waals surface area (Å²) in [5, 5.41) is 4.02. The van der Waals surface area contributed by atoms with E-state index in [1.807, 2.05) is 0 Å². The Hall–Kier alpha value is -0.380. The highest BCUT2D eigenvalue weighted by atomic mass is 35.5. The van der Waals surface area contributed by atoms with Crippen LogP contribution in [0.3, 0.4) is 0 Å². The van der Waals surface area contributed by atoms with E-state index in [2.05, 4.69) is 22.2 Å². The van der Waals surface area contributed by atoms with Crippen molar-refractivity contribution in [2.75, 3.05) is 6.54 Å². The van der Waals surface area contributed by atoms with E-state index >= 15 is 0 Å². The minimum atomic E-state index is 0. The van der Waals surface area contributed by atoms with Gasteiger partial charge in [0.15, 0.2) is 0 Å². The molecule has 0 radical (unpaired) electrons. The molecule has 1 aromatic heterocycles. The van der Waals surface area contributed by atoms with Gasteiger partial charge in [-0.25, -0.2) is 9.97 Å². The average Bonchev–Trinajstić information content (AvgIpc) is 2.19. The summed E-state index contributed by atoms with van der Waals surface area (Å²) in [4.78, 5) is 8.53. The second kappa shape index (κ2) is 5.64. The predicted octanol–water partition coefficient (Wildman–Crippen LogP) is 2.41. The lowest BCUT2D eigenvalue weighted by atomic mass is 9.92. The molecule has 0 bridgehead atoms. The molecule has 1 saturated heterocycles. The minimum Gasteiger partial charge on any atom is -0.314 e. The Balaban J connectivity index is 0.00000112. The van der Waals surface area contributed by atoms with Crippen molar-refractivity contribution in [2.45, 2.75) is 31.7 Å². The van der Waals surface area contributed by atoms with Crippen molar-refractivity contribution in [2.24, 2.45) is 0 Å². The van der Waals surface area contributed by atoms with Crippen LogP contribution in [0.1, 0.15) is 31.5 Å². The van der Waals surface area contributed by atoms with Crippen LogP contribution in [0.15, 0.2) is 12.4 Å². The predicted molar refractivity (Wildman–Crippen MR) is 63.7 cm³/mol. The number of halogens is 2. The third-order valence-electron chi connectivity index (χ3n) is 2.63. The summed E-state index contributed by atoms with van der Waals surface area (Å²) in [5.41, 5.74) is 0. The summed E-state index contributed by atoms with van der Waals surface area (Å²) in [5.74, 6) is 1.42. The van der Waals surface area contributed by atoms with E-state index in [9.17, 15) is 0 Å². The Kier molecular flexibility index (Phi) is 4.77. The number of nitrogens with one attached hydrogen (secondary N) is 1. The first kappa shape index (κ1) is 12.7. The topological polar surface area (TPSA) is 37.8 Å². The van der Waals surface area contributed by atoms with Crippen LogP contribution in [0.25, 0.3) is 0 Å². The zero-order chi connectivity index (χ0) is 9.97. The second-order valence-electron chi connectivity index (χ2n) is 3.84. The monoisotopic (exact) mass is 247 g/mol. The van der Waals surface area contributed by atoms with Crippen LogP contribution < -0.4 is 5.32 Å². The van der Waals surface area contributed by atoms with Crippen molar-refractivity contribution in [1.82, 2.24) is 15.3 Å².